The van der Waals surface area contributed by atoms with E-state index < -0.39 is 6.10 Å². The Bertz CT molecular complexity index is 871. The number of hydrogen-bond donors (Lipinski definition) is 3. The molecule has 8 heteroatoms. The number of carbonyl (C=O) groups is 2. The summed E-state index contributed by atoms with van der Waals surface area (Å²) in [4.78, 5) is 33.4. The van der Waals surface area contributed by atoms with Gasteiger partial charge in [-0.3, -0.25) is 14.7 Å². The monoisotopic (exact) mass is 423 g/mol. The van der Waals surface area contributed by atoms with E-state index in [1.54, 1.807) is 12.4 Å². The molecular weight excluding hydrogens is 394 g/mol. The van der Waals surface area contributed by atoms with Crippen LogP contribution in [0.5, 0.6) is 0 Å². The quantitative estimate of drug-likeness (QED) is 0.682. The molecule has 0 bridgehead atoms. The first-order valence-corrected chi connectivity index (χ1v) is 10.8. The average Bonchev–Trinajstić information content (AvgIpc) is 3.20. The number of piperidine rings is 1. The lowest BCUT2D eigenvalue weighted by Gasteiger charge is -2.38. The molecule has 4 rings (SSSR count). The summed E-state index contributed by atoms with van der Waals surface area (Å²) >= 11 is 0. The van der Waals surface area contributed by atoms with Gasteiger partial charge in [0.05, 0.1) is 12.1 Å². The van der Waals surface area contributed by atoms with Crippen molar-refractivity contribution in [2.24, 2.45) is 0 Å². The van der Waals surface area contributed by atoms with Crippen LogP contribution in [0.4, 0.5) is 10.5 Å². The van der Waals surface area contributed by atoms with Gasteiger partial charge in [-0.15, -0.1) is 0 Å². The van der Waals surface area contributed by atoms with E-state index in [9.17, 15) is 14.7 Å². The molecule has 31 heavy (non-hydrogen) atoms. The first-order valence-electron chi connectivity index (χ1n) is 10.8. The summed E-state index contributed by atoms with van der Waals surface area (Å²) in [6, 6.07) is 12.9. The van der Waals surface area contributed by atoms with Crippen LogP contribution in [0.2, 0.25) is 0 Å². The molecule has 0 spiro atoms. The van der Waals surface area contributed by atoms with E-state index in [-0.39, 0.29) is 24.0 Å². The molecule has 3 heterocycles. The minimum atomic E-state index is -0.506. The summed E-state index contributed by atoms with van der Waals surface area (Å²) in [5.41, 5.74) is 1.72. The third-order valence-corrected chi connectivity index (χ3v) is 6.06. The van der Waals surface area contributed by atoms with Crippen LogP contribution in [0.25, 0.3) is 0 Å². The van der Waals surface area contributed by atoms with Crippen molar-refractivity contribution in [3.63, 3.8) is 0 Å². The van der Waals surface area contributed by atoms with Crippen LogP contribution in [-0.2, 0) is 11.3 Å². The van der Waals surface area contributed by atoms with E-state index in [1.807, 2.05) is 47.4 Å². The summed E-state index contributed by atoms with van der Waals surface area (Å²) in [5, 5.41) is 16.1. The molecule has 3 amide bonds. The zero-order valence-electron chi connectivity index (χ0n) is 17.5. The fourth-order valence-electron chi connectivity index (χ4n) is 4.43. The van der Waals surface area contributed by atoms with E-state index in [1.165, 1.54) is 0 Å². The molecule has 2 saturated heterocycles. The molecule has 2 aliphatic rings. The number of aliphatic hydroxyl groups is 1. The Morgan fingerprint density at radius 1 is 1.10 bits per heavy atom. The maximum absolute atomic E-state index is 12.8. The number of urea groups is 1. The predicted octanol–water partition coefficient (Wildman–Crippen LogP) is 1.83. The van der Waals surface area contributed by atoms with Gasteiger partial charge in [0.25, 0.3) is 0 Å². The molecule has 2 aliphatic heterocycles. The fraction of sp³-hybridized carbons (Fsp3) is 0.435. The number of likely N-dealkylation sites (tertiary alicyclic amines) is 2. The highest BCUT2D eigenvalue weighted by Crippen LogP contribution is 2.27. The highest BCUT2D eigenvalue weighted by atomic mass is 16.3. The molecule has 2 atom stereocenters. The molecule has 2 aromatic rings. The van der Waals surface area contributed by atoms with Gasteiger partial charge in [0.2, 0.25) is 5.91 Å². The summed E-state index contributed by atoms with van der Waals surface area (Å²) in [6.45, 7) is 2.16. The number of rotatable bonds is 5. The first-order chi connectivity index (χ1) is 15.1. The van der Waals surface area contributed by atoms with Gasteiger partial charge in [-0.1, -0.05) is 24.3 Å². The SMILES string of the molecule is O=C(NCc1cccnc1)[C@@H]1C[C@@H](O)CN1C1CCN(C(=O)Nc2ccccc2)CC1. The fourth-order valence-corrected chi connectivity index (χ4v) is 4.43. The van der Waals surface area contributed by atoms with Crippen LogP contribution < -0.4 is 10.6 Å². The van der Waals surface area contributed by atoms with Gasteiger partial charge in [-0.2, -0.15) is 0 Å². The first kappa shape index (κ1) is 21.3. The topological polar surface area (TPSA) is 97.8 Å². The van der Waals surface area contributed by atoms with Gasteiger partial charge in [-0.05, 0) is 43.0 Å². The smallest absolute Gasteiger partial charge is 0.321 e. The van der Waals surface area contributed by atoms with Crippen LogP contribution in [0, 0.1) is 0 Å². The lowest BCUT2D eigenvalue weighted by Crippen LogP contribution is -2.52. The number of hydrogen-bond acceptors (Lipinski definition) is 5. The van der Waals surface area contributed by atoms with E-state index in [4.69, 9.17) is 0 Å². The summed E-state index contributed by atoms with van der Waals surface area (Å²) in [5.74, 6) is -0.0651. The van der Waals surface area contributed by atoms with Crippen molar-refractivity contribution in [1.82, 2.24) is 20.1 Å². The van der Waals surface area contributed by atoms with Crippen molar-refractivity contribution in [2.45, 2.75) is 44.0 Å². The number of carbonyl (C=O) groups excluding carboxylic acids is 2. The lowest BCUT2D eigenvalue weighted by molar-refractivity contribution is -0.126. The number of pyridine rings is 1. The zero-order chi connectivity index (χ0) is 21.6. The second kappa shape index (κ2) is 9.89. The molecule has 3 N–H and O–H groups in total. The van der Waals surface area contributed by atoms with Gasteiger partial charge in [0.1, 0.15) is 0 Å². The Hall–Kier alpha value is -2.97. The van der Waals surface area contributed by atoms with Crippen molar-refractivity contribution in [2.75, 3.05) is 25.0 Å². The van der Waals surface area contributed by atoms with Crippen LogP contribution in [0.1, 0.15) is 24.8 Å². The maximum Gasteiger partial charge on any atom is 0.321 e. The minimum Gasteiger partial charge on any atom is -0.392 e. The number of nitrogens with one attached hydrogen (secondary N) is 2. The molecule has 0 aliphatic carbocycles. The Morgan fingerprint density at radius 2 is 1.87 bits per heavy atom. The number of benzene rings is 1. The molecule has 0 saturated carbocycles. The van der Waals surface area contributed by atoms with Gasteiger partial charge in [-0.25, -0.2) is 4.79 Å². The minimum absolute atomic E-state index is 0.0651. The van der Waals surface area contributed by atoms with Gasteiger partial charge < -0.3 is 20.6 Å². The van der Waals surface area contributed by atoms with Crippen molar-refractivity contribution >= 4 is 17.6 Å². The van der Waals surface area contributed by atoms with E-state index in [0.717, 1.165) is 24.1 Å². The summed E-state index contributed by atoms with van der Waals surface area (Å²) in [6.07, 6.45) is 4.93. The van der Waals surface area contributed by atoms with Crippen LogP contribution in [0.3, 0.4) is 0 Å². The molecule has 8 nitrogen and oxygen atoms in total. The predicted molar refractivity (Wildman–Crippen MR) is 117 cm³/mol. The molecule has 0 unspecified atom stereocenters. The van der Waals surface area contributed by atoms with Crippen molar-refractivity contribution < 1.29 is 14.7 Å². The lowest BCUT2D eigenvalue weighted by atomic mass is 10.0. The second-order valence-electron chi connectivity index (χ2n) is 8.20. The number of aromatic nitrogens is 1. The Balaban J connectivity index is 1.30. The summed E-state index contributed by atoms with van der Waals surface area (Å²) < 4.78 is 0. The molecule has 0 radical (unpaired) electrons. The standard InChI is InChI=1S/C23H29N5O3/c29-20-13-21(22(30)25-15-17-5-4-10-24-14-17)28(16-20)19-8-11-27(12-9-19)23(31)26-18-6-2-1-3-7-18/h1-7,10,14,19-21,29H,8-9,11-13,15-16H2,(H,25,30)(H,26,31)/t20-,21+/m1/s1. The number of nitrogens with zero attached hydrogens (tertiary/aromatic N) is 3. The van der Waals surface area contributed by atoms with E-state index in [2.05, 4.69) is 20.5 Å². The highest BCUT2D eigenvalue weighted by Gasteiger charge is 2.40. The van der Waals surface area contributed by atoms with Gasteiger partial charge >= 0.3 is 6.03 Å². The summed E-state index contributed by atoms with van der Waals surface area (Å²) in [7, 11) is 0. The molecule has 1 aromatic heterocycles. The number of para-hydroxylation sites is 1. The molecule has 164 valence electrons. The molecule has 2 fully saturated rings. The number of aliphatic hydroxyl groups excluding tert-OH is 1. The van der Waals surface area contributed by atoms with Crippen LogP contribution in [-0.4, -0.2) is 69.7 Å². The van der Waals surface area contributed by atoms with Gasteiger partial charge in [0.15, 0.2) is 0 Å². The Morgan fingerprint density at radius 3 is 2.58 bits per heavy atom. The van der Waals surface area contributed by atoms with Crippen molar-refractivity contribution in [3.8, 4) is 0 Å². The Labute approximate surface area is 182 Å². The van der Waals surface area contributed by atoms with Crippen LogP contribution >= 0.6 is 0 Å². The molecule has 1 aromatic carbocycles. The third-order valence-electron chi connectivity index (χ3n) is 6.06. The van der Waals surface area contributed by atoms with E-state index >= 15 is 0 Å². The van der Waals surface area contributed by atoms with Crippen molar-refractivity contribution in [1.29, 1.82) is 0 Å². The average molecular weight is 424 g/mol. The largest absolute Gasteiger partial charge is 0.392 e. The Kier molecular flexibility index (Phi) is 6.79. The van der Waals surface area contributed by atoms with Crippen molar-refractivity contribution in [3.05, 3.63) is 60.4 Å². The van der Waals surface area contributed by atoms with E-state index in [0.29, 0.717) is 32.6 Å². The second-order valence-corrected chi connectivity index (χ2v) is 8.20. The highest BCUT2D eigenvalue weighted by molar-refractivity contribution is 5.89. The zero-order valence-corrected chi connectivity index (χ0v) is 17.5. The third kappa shape index (κ3) is 5.39. The molecular formula is C23H29N5O3. The van der Waals surface area contributed by atoms with Crippen LogP contribution in [0.15, 0.2) is 54.9 Å². The number of anilines is 1. The number of β-amino-alcohol motifs (C(OH)–C–C–N with tert-alkyl or cyclic N) is 1. The van der Waals surface area contributed by atoms with Gasteiger partial charge in [0, 0.05) is 50.3 Å². The normalized spacial score (nSPS) is 22.3. The maximum atomic E-state index is 12.8. The number of amides is 3.